The lowest BCUT2D eigenvalue weighted by atomic mass is 9.71. The van der Waals surface area contributed by atoms with Gasteiger partial charge >= 0.3 is 0 Å². The normalized spacial score (nSPS) is 19.6. The van der Waals surface area contributed by atoms with Gasteiger partial charge in [0.2, 0.25) is 5.95 Å². The molecule has 10 heteroatoms. The van der Waals surface area contributed by atoms with E-state index >= 15 is 0 Å². The molecule has 2 aliphatic rings. The minimum atomic E-state index is -0.496. The highest BCUT2D eigenvalue weighted by Gasteiger charge is 2.43. The summed E-state index contributed by atoms with van der Waals surface area (Å²) in [5.74, 6) is 1.51. The molecule has 1 spiro atoms. The van der Waals surface area contributed by atoms with Crippen molar-refractivity contribution in [2.24, 2.45) is 5.41 Å². The Bertz CT molecular complexity index is 889. The third-order valence-corrected chi connectivity index (χ3v) is 5.93. The number of rotatable bonds is 4. The number of carbonyl (C=O) groups is 2. The van der Waals surface area contributed by atoms with Gasteiger partial charge in [-0.15, -0.1) is 0 Å². The van der Waals surface area contributed by atoms with Crippen LogP contribution in [0.1, 0.15) is 36.5 Å². The molecule has 4 rings (SSSR count). The van der Waals surface area contributed by atoms with Crippen LogP contribution in [0.4, 0.5) is 11.8 Å². The maximum Gasteiger partial charge on any atom is 0.290 e. The quantitative estimate of drug-likeness (QED) is 0.603. The molecule has 1 unspecified atom stereocenters. The lowest BCUT2D eigenvalue weighted by Gasteiger charge is -2.49. The Hall–Kier alpha value is -3.27. The Labute approximate surface area is 187 Å². The SMILES string of the molecule is CCNc1ccnc(N2CCC3(CC2)CC(O)CN(C(=O)c2cccnc2)C3)n1.O=CO. The fraction of sp³-hybridized carbons (Fsp3) is 0.500. The molecule has 1 amide bonds. The first kappa shape index (κ1) is 23.4. The predicted molar refractivity (Wildman–Crippen MR) is 120 cm³/mol. The topological polar surface area (TPSA) is 132 Å². The van der Waals surface area contributed by atoms with Crippen molar-refractivity contribution < 1.29 is 19.8 Å². The highest BCUT2D eigenvalue weighted by atomic mass is 16.3. The smallest absolute Gasteiger partial charge is 0.290 e. The van der Waals surface area contributed by atoms with Gasteiger partial charge in [0.15, 0.2) is 0 Å². The van der Waals surface area contributed by atoms with Gasteiger partial charge in [0.05, 0.1) is 11.7 Å². The third-order valence-electron chi connectivity index (χ3n) is 5.93. The van der Waals surface area contributed by atoms with Crippen LogP contribution in [0, 0.1) is 5.41 Å². The number of hydrogen-bond donors (Lipinski definition) is 3. The van der Waals surface area contributed by atoms with E-state index in [2.05, 4.69) is 25.2 Å². The van der Waals surface area contributed by atoms with Crippen molar-refractivity contribution in [3.05, 3.63) is 42.4 Å². The van der Waals surface area contributed by atoms with Gasteiger partial charge in [-0.25, -0.2) is 4.98 Å². The van der Waals surface area contributed by atoms with E-state index in [1.807, 2.05) is 13.0 Å². The maximum atomic E-state index is 12.9. The van der Waals surface area contributed by atoms with Gasteiger partial charge in [-0.05, 0) is 49.8 Å². The van der Waals surface area contributed by atoms with Crippen LogP contribution in [0.2, 0.25) is 0 Å². The van der Waals surface area contributed by atoms with Crippen LogP contribution in [0.25, 0.3) is 0 Å². The van der Waals surface area contributed by atoms with Gasteiger partial charge in [0.25, 0.3) is 12.4 Å². The van der Waals surface area contributed by atoms with Crippen LogP contribution in [-0.4, -0.2) is 81.3 Å². The van der Waals surface area contributed by atoms with Crippen LogP contribution in [-0.2, 0) is 4.79 Å². The van der Waals surface area contributed by atoms with Crippen molar-refractivity contribution in [2.45, 2.75) is 32.3 Å². The number of piperidine rings is 2. The summed E-state index contributed by atoms with van der Waals surface area (Å²) in [6, 6.07) is 5.42. The number of amides is 1. The van der Waals surface area contributed by atoms with Crippen LogP contribution in [0.5, 0.6) is 0 Å². The molecule has 1 atom stereocenters. The van der Waals surface area contributed by atoms with Crippen molar-refractivity contribution >= 4 is 24.1 Å². The number of anilines is 2. The lowest BCUT2D eigenvalue weighted by Crippen LogP contribution is -2.55. The third kappa shape index (κ3) is 5.70. The zero-order valence-corrected chi connectivity index (χ0v) is 18.2. The standard InChI is InChI=1S/C21H28N6O2.CH2O2/c1-2-23-18-5-9-24-20(25-18)26-10-6-21(7-11-26)12-17(28)14-27(15-21)19(29)16-4-3-8-22-13-16;2-1-3/h3-5,8-9,13,17,28H,2,6-7,10-12,14-15H2,1H3,(H,23,24,25);1H,(H,2,3). The van der Waals surface area contributed by atoms with Gasteiger partial charge in [-0.1, -0.05) is 0 Å². The van der Waals surface area contributed by atoms with E-state index < -0.39 is 6.10 Å². The van der Waals surface area contributed by atoms with Gasteiger partial charge in [0, 0.05) is 51.3 Å². The number of aliphatic hydroxyl groups is 1. The number of aliphatic hydroxyl groups excluding tert-OH is 1. The number of likely N-dealkylation sites (tertiary alicyclic amines) is 1. The Kier molecular flexibility index (Phi) is 7.93. The lowest BCUT2D eigenvalue weighted by molar-refractivity contribution is -0.122. The number of aromatic nitrogens is 3. The summed E-state index contributed by atoms with van der Waals surface area (Å²) in [7, 11) is 0. The van der Waals surface area contributed by atoms with Crippen molar-refractivity contribution in [2.75, 3.05) is 42.9 Å². The molecule has 0 aromatic carbocycles. The second-order valence-electron chi connectivity index (χ2n) is 8.15. The minimum absolute atomic E-state index is 0.0553. The van der Waals surface area contributed by atoms with E-state index in [1.54, 1.807) is 35.6 Å². The molecule has 3 N–H and O–H groups in total. The van der Waals surface area contributed by atoms with E-state index in [0.29, 0.717) is 18.7 Å². The number of pyridine rings is 1. The molecule has 0 aliphatic carbocycles. The first-order valence-corrected chi connectivity index (χ1v) is 10.8. The summed E-state index contributed by atoms with van der Waals surface area (Å²) in [4.78, 5) is 38.3. The molecule has 2 saturated heterocycles. The van der Waals surface area contributed by atoms with Crippen LogP contribution in [0.3, 0.4) is 0 Å². The highest BCUT2D eigenvalue weighted by Crippen LogP contribution is 2.41. The molecule has 32 heavy (non-hydrogen) atoms. The van der Waals surface area contributed by atoms with Crippen molar-refractivity contribution in [1.29, 1.82) is 0 Å². The second-order valence-corrected chi connectivity index (χ2v) is 8.15. The predicted octanol–water partition coefficient (Wildman–Crippen LogP) is 1.50. The van der Waals surface area contributed by atoms with Gasteiger partial charge < -0.3 is 25.3 Å². The highest BCUT2D eigenvalue weighted by molar-refractivity contribution is 5.94. The largest absolute Gasteiger partial charge is 0.483 e. The number of nitrogens with zero attached hydrogens (tertiary/aromatic N) is 5. The molecule has 0 saturated carbocycles. The van der Waals surface area contributed by atoms with Crippen molar-refractivity contribution in [3.8, 4) is 0 Å². The number of nitrogens with one attached hydrogen (secondary N) is 1. The van der Waals surface area contributed by atoms with Gasteiger partial charge in [-0.2, -0.15) is 4.98 Å². The molecule has 0 radical (unpaired) electrons. The summed E-state index contributed by atoms with van der Waals surface area (Å²) < 4.78 is 0. The van der Waals surface area contributed by atoms with E-state index in [9.17, 15) is 9.90 Å². The van der Waals surface area contributed by atoms with Gasteiger partial charge in [0.1, 0.15) is 5.82 Å². The van der Waals surface area contributed by atoms with Crippen LogP contribution in [0.15, 0.2) is 36.8 Å². The molecule has 2 fully saturated rings. The summed E-state index contributed by atoms with van der Waals surface area (Å²) in [6.07, 6.45) is 7.06. The van der Waals surface area contributed by atoms with E-state index in [1.165, 1.54) is 0 Å². The second kappa shape index (κ2) is 10.9. The fourth-order valence-corrected chi connectivity index (χ4v) is 4.50. The summed E-state index contributed by atoms with van der Waals surface area (Å²) in [6.45, 7) is 5.29. The molecule has 4 heterocycles. The van der Waals surface area contributed by atoms with Gasteiger partial charge in [-0.3, -0.25) is 14.6 Å². The Morgan fingerprint density at radius 3 is 2.72 bits per heavy atom. The number of β-amino-alcohol motifs (C(OH)–C–C–N with tert-alkyl or cyclic N) is 1. The summed E-state index contributed by atoms with van der Waals surface area (Å²) >= 11 is 0. The molecular weight excluding hydrogens is 412 g/mol. The molecule has 172 valence electrons. The van der Waals surface area contributed by atoms with Crippen molar-refractivity contribution in [3.63, 3.8) is 0 Å². The minimum Gasteiger partial charge on any atom is -0.483 e. The first-order valence-electron chi connectivity index (χ1n) is 10.8. The monoisotopic (exact) mass is 442 g/mol. The van der Waals surface area contributed by atoms with E-state index in [4.69, 9.17) is 9.90 Å². The Morgan fingerprint density at radius 2 is 2.06 bits per heavy atom. The zero-order valence-electron chi connectivity index (χ0n) is 18.2. The maximum absolute atomic E-state index is 12.9. The molecule has 2 aromatic heterocycles. The molecule has 2 aromatic rings. The average Bonchev–Trinajstić information content (AvgIpc) is 2.80. The van der Waals surface area contributed by atoms with E-state index in [0.717, 1.165) is 50.7 Å². The van der Waals surface area contributed by atoms with E-state index in [-0.39, 0.29) is 17.8 Å². The fourth-order valence-electron chi connectivity index (χ4n) is 4.50. The number of carboxylic acid groups (broad SMARTS) is 1. The number of hydrogen-bond acceptors (Lipinski definition) is 8. The average molecular weight is 443 g/mol. The molecule has 0 bridgehead atoms. The summed E-state index contributed by atoms with van der Waals surface area (Å²) in [5.41, 5.74) is 0.508. The Balaban J connectivity index is 0.000000913. The Morgan fingerprint density at radius 1 is 1.31 bits per heavy atom. The first-order chi connectivity index (χ1) is 15.5. The van der Waals surface area contributed by atoms with Crippen molar-refractivity contribution in [1.82, 2.24) is 19.9 Å². The van der Waals surface area contributed by atoms with Crippen LogP contribution >= 0.6 is 0 Å². The number of carbonyl (C=O) groups excluding carboxylic acids is 1. The van der Waals surface area contributed by atoms with Crippen LogP contribution < -0.4 is 10.2 Å². The molecule has 10 nitrogen and oxygen atoms in total. The molecule has 2 aliphatic heterocycles. The summed E-state index contributed by atoms with van der Waals surface area (Å²) in [5, 5.41) is 20.6. The molecular formula is C22H30N6O4. The zero-order chi connectivity index (χ0) is 23.0.